The molecule has 3 aromatic rings. The third-order valence-electron chi connectivity index (χ3n) is 5.25. The fourth-order valence-electron chi connectivity index (χ4n) is 3.92. The molecule has 1 aromatic heterocycles. The fourth-order valence-corrected chi connectivity index (χ4v) is 3.92. The summed E-state index contributed by atoms with van der Waals surface area (Å²) < 4.78 is 5.42. The number of nitrogens with one attached hydrogen (secondary N) is 1. The predicted molar refractivity (Wildman–Crippen MR) is 96.3 cm³/mol. The number of fused-ring (bicyclic) bond motifs is 3. The summed E-state index contributed by atoms with van der Waals surface area (Å²) >= 11 is 0. The Labute approximate surface area is 145 Å². The number of quaternary nitrogens is 1. The monoisotopic (exact) mass is 337 g/mol. The van der Waals surface area contributed by atoms with Gasteiger partial charge in [0, 0.05) is 35.8 Å². The molecule has 5 heteroatoms. The van der Waals surface area contributed by atoms with Crippen molar-refractivity contribution in [3.8, 4) is 0 Å². The van der Waals surface area contributed by atoms with Gasteiger partial charge in [-0.25, -0.2) is 4.79 Å². The lowest BCUT2D eigenvalue weighted by Crippen LogP contribution is -3.11. The van der Waals surface area contributed by atoms with Crippen LogP contribution in [0.3, 0.4) is 0 Å². The lowest BCUT2D eigenvalue weighted by molar-refractivity contribution is -0.919. The van der Waals surface area contributed by atoms with Gasteiger partial charge in [0.15, 0.2) is 0 Å². The van der Waals surface area contributed by atoms with Gasteiger partial charge in [0.2, 0.25) is 5.91 Å². The zero-order valence-electron chi connectivity index (χ0n) is 14.0. The largest absolute Gasteiger partial charge is 0.423 e. The minimum absolute atomic E-state index is 0.0119. The molecule has 0 bridgehead atoms. The zero-order valence-corrected chi connectivity index (χ0v) is 14.0. The van der Waals surface area contributed by atoms with Gasteiger partial charge in [-0.3, -0.25) is 4.79 Å². The summed E-state index contributed by atoms with van der Waals surface area (Å²) in [5.74, 6) is -0.210. The van der Waals surface area contributed by atoms with Crippen molar-refractivity contribution in [2.24, 2.45) is 11.7 Å². The van der Waals surface area contributed by atoms with Gasteiger partial charge in [-0.1, -0.05) is 30.3 Å². The number of benzene rings is 2. The van der Waals surface area contributed by atoms with Crippen LogP contribution in [0.25, 0.3) is 21.7 Å². The molecule has 1 amide bonds. The van der Waals surface area contributed by atoms with E-state index in [9.17, 15) is 9.59 Å². The fraction of sp³-hybridized carbons (Fsp3) is 0.300. The minimum atomic E-state index is -0.316. The molecule has 25 heavy (non-hydrogen) atoms. The highest BCUT2D eigenvalue weighted by molar-refractivity contribution is 6.06. The number of carbonyl (C=O) groups excluding carboxylic acids is 1. The van der Waals surface area contributed by atoms with Crippen LogP contribution in [0.4, 0.5) is 0 Å². The second kappa shape index (κ2) is 6.33. The first kappa shape index (κ1) is 15.8. The summed E-state index contributed by atoms with van der Waals surface area (Å²) in [6, 6.07) is 13.6. The number of carbonyl (C=O) groups is 1. The van der Waals surface area contributed by atoms with Gasteiger partial charge in [0.1, 0.15) is 12.1 Å². The number of nitrogens with two attached hydrogens (primary N) is 1. The summed E-state index contributed by atoms with van der Waals surface area (Å²) in [5.41, 5.74) is 6.75. The first-order chi connectivity index (χ1) is 12.1. The highest BCUT2D eigenvalue weighted by atomic mass is 16.4. The van der Waals surface area contributed by atoms with Crippen molar-refractivity contribution in [2.75, 3.05) is 13.1 Å². The zero-order chi connectivity index (χ0) is 17.4. The maximum atomic E-state index is 12.0. The van der Waals surface area contributed by atoms with E-state index in [4.69, 9.17) is 10.2 Å². The number of hydrogen-bond acceptors (Lipinski definition) is 3. The minimum Gasteiger partial charge on any atom is -0.423 e. The summed E-state index contributed by atoms with van der Waals surface area (Å²) in [4.78, 5) is 24.7. The molecular weight excluding hydrogens is 316 g/mol. The molecule has 0 unspecified atom stereocenters. The maximum absolute atomic E-state index is 12.0. The molecule has 0 saturated carbocycles. The molecule has 1 aliphatic heterocycles. The highest BCUT2D eigenvalue weighted by Crippen LogP contribution is 2.27. The Morgan fingerprint density at radius 3 is 2.68 bits per heavy atom. The summed E-state index contributed by atoms with van der Waals surface area (Å²) in [6.07, 6.45) is 1.62. The van der Waals surface area contributed by atoms with E-state index in [0.29, 0.717) is 5.58 Å². The molecule has 5 nitrogen and oxygen atoms in total. The smallest absolute Gasteiger partial charge is 0.336 e. The van der Waals surface area contributed by atoms with Crippen LogP contribution in [0.1, 0.15) is 18.4 Å². The van der Waals surface area contributed by atoms with E-state index in [-0.39, 0.29) is 17.5 Å². The molecule has 2 aromatic carbocycles. The lowest BCUT2D eigenvalue weighted by atomic mass is 9.95. The van der Waals surface area contributed by atoms with Crippen molar-refractivity contribution in [2.45, 2.75) is 19.4 Å². The number of piperidine rings is 1. The van der Waals surface area contributed by atoms with Gasteiger partial charge in [-0.15, -0.1) is 0 Å². The predicted octanol–water partition coefficient (Wildman–Crippen LogP) is 1.23. The topological polar surface area (TPSA) is 77.7 Å². The van der Waals surface area contributed by atoms with Crippen molar-refractivity contribution >= 4 is 27.6 Å². The van der Waals surface area contributed by atoms with Gasteiger partial charge < -0.3 is 15.1 Å². The quantitative estimate of drug-likeness (QED) is 0.557. The van der Waals surface area contributed by atoms with Crippen LogP contribution in [0.15, 0.2) is 51.7 Å². The van der Waals surface area contributed by atoms with Gasteiger partial charge in [-0.2, -0.15) is 0 Å². The van der Waals surface area contributed by atoms with Crippen molar-refractivity contribution in [3.05, 3.63) is 58.4 Å². The Morgan fingerprint density at radius 2 is 1.92 bits per heavy atom. The number of rotatable bonds is 3. The summed E-state index contributed by atoms with van der Waals surface area (Å²) in [7, 11) is 0. The second-order valence-electron chi connectivity index (χ2n) is 6.85. The van der Waals surface area contributed by atoms with Crippen LogP contribution in [0.2, 0.25) is 0 Å². The molecule has 1 aliphatic rings. The second-order valence-corrected chi connectivity index (χ2v) is 6.85. The van der Waals surface area contributed by atoms with E-state index < -0.39 is 0 Å². The van der Waals surface area contributed by atoms with Gasteiger partial charge in [0.05, 0.1) is 13.1 Å². The maximum Gasteiger partial charge on any atom is 0.336 e. The van der Waals surface area contributed by atoms with Gasteiger partial charge in [0.25, 0.3) is 0 Å². The highest BCUT2D eigenvalue weighted by Gasteiger charge is 2.26. The molecule has 0 aliphatic carbocycles. The molecule has 2 heterocycles. The van der Waals surface area contributed by atoms with Gasteiger partial charge >= 0.3 is 5.63 Å². The third-order valence-corrected chi connectivity index (χ3v) is 5.25. The normalized spacial score (nSPS) is 20.8. The molecule has 0 radical (unpaired) electrons. The number of primary amides is 1. The number of hydrogen-bond donors (Lipinski definition) is 2. The van der Waals surface area contributed by atoms with Crippen LogP contribution in [0, 0.1) is 5.92 Å². The Balaban J connectivity index is 1.73. The van der Waals surface area contributed by atoms with Crippen molar-refractivity contribution in [1.82, 2.24) is 0 Å². The van der Waals surface area contributed by atoms with Crippen LogP contribution in [-0.4, -0.2) is 19.0 Å². The molecule has 128 valence electrons. The Kier molecular flexibility index (Phi) is 4.01. The summed E-state index contributed by atoms with van der Waals surface area (Å²) in [5, 5.41) is 3.25. The molecule has 0 spiro atoms. The van der Waals surface area contributed by atoms with E-state index >= 15 is 0 Å². The first-order valence-corrected chi connectivity index (χ1v) is 8.69. The SMILES string of the molecule is NC(=O)C1CC[NH+](Cc2cc(=O)oc3ccc4ccccc4c23)CC1. The Bertz CT molecular complexity index is 1000. The average Bonchev–Trinajstić information content (AvgIpc) is 2.61. The molecule has 4 rings (SSSR count). The van der Waals surface area contributed by atoms with Crippen molar-refractivity contribution in [1.29, 1.82) is 0 Å². The Hall–Kier alpha value is -2.66. The van der Waals surface area contributed by atoms with Crippen LogP contribution < -0.4 is 16.3 Å². The van der Waals surface area contributed by atoms with Crippen molar-refractivity contribution in [3.63, 3.8) is 0 Å². The van der Waals surface area contributed by atoms with E-state index in [1.54, 1.807) is 6.07 Å². The molecule has 1 saturated heterocycles. The van der Waals surface area contributed by atoms with E-state index in [1.165, 1.54) is 4.90 Å². The standard InChI is InChI=1S/C20H20N2O3/c21-20(24)14-7-9-22(10-8-14)12-15-11-18(23)25-17-6-5-13-3-1-2-4-16(13)19(15)17/h1-6,11,14H,7-10,12H2,(H2,21,24)/p+1. The third kappa shape index (κ3) is 3.03. The van der Waals surface area contributed by atoms with Crippen molar-refractivity contribution < 1.29 is 14.1 Å². The van der Waals surface area contributed by atoms with E-state index in [2.05, 4.69) is 12.1 Å². The van der Waals surface area contributed by atoms with Gasteiger partial charge in [-0.05, 0) is 16.8 Å². The van der Waals surface area contributed by atoms with Crippen LogP contribution in [0.5, 0.6) is 0 Å². The van der Waals surface area contributed by atoms with Crippen LogP contribution in [-0.2, 0) is 11.3 Å². The number of amides is 1. The Morgan fingerprint density at radius 1 is 1.16 bits per heavy atom. The molecule has 3 N–H and O–H groups in total. The molecular formula is C20H21N2O3+. The number of likely N-dealkylation sites (tertiary alicyclic amines) is 1. The lowest BCUT2D eigenvalue weighted by Gasteiger charge is -2.28. The van der Waals surface area contributed by atoms with E-state index in [1.807, 2.05) is 24.3 Å². The first-order valence-electron chi connectivity index (χ1n) is 8.69. The average molecular weight is 337 g/mol. The summed E-state index contributed by atoms with van der Waals surface area (Å²) in [6.45, 7) is 2.53. The van der Waals surface area contributed by atoms with Crippen LogP contribution >= 0.6 is 0 Å². The molecule has 0 atom stereocenters. The van der Waals surface area contributed by atoms with E-state index in [0.717, 1.165) is 54.2 Å². The molecule has 1 fully saturated rings.